The van der Waals surface area contributed by atoms with Gasteiger partial charge in [0.2, 0.25) is 5.91 Å². The first kappa shape index (κ1) is 14.8. The van der Waals surface area contributed by atoms with Crippen molar-refractivity contribution in [3.05, 3.63) is 17.8 Å². The minimum atomic E-state index is -0.0985. The van der Waals surface area contributed by atoms with Crippen LogP contribution in [-0.4, -0.2) is 39.1 Å². The fourth-order valence-electron chi connectivity index (χ4n) is 2.55. The van der Waals surface area contributed by atoms with Gasteiger partial charge in [0.1, 0.15) is 11.4 Å². The van der Waals surface area contributed by atoms with Gasteiger partial charge in [-0.3, -0.25) is 4.79 Å². The Morgan fingerprint density at radius 1 is 1.43 bits per heavy atom. The molecule has 112 valence electrons. The van der Waals surface area contributed by atoms with Crippen molar-refractivity contribution in [1.29, 1.82) is 0 Å². The number of fused-ring (bicyclic) bond motifs is 1. The number of rotatable bonds is 3. The van der Waals surface area contributed by atoms with E-state index in [1.165, 1.54) is 0 Å². The van der Waals surface area contributed by atoms with Crippen molar-refractivity contribution < 1.29 is 4.79 Å². The molecule has 2 aromatic rings. The fraction of sp³-hybridized carbons (Fsp3) is 0.533. The first-order chi connectivity index (χ1) is 10.1. The average Bonchev–Trinajstić information content (AvgIpc) is 2.97. The van der Waals surface area contributed by atoms with Crippen LogP contribution in [0.3, 0.4) is 0 Å². The molecule has 0 spiro atoms. The Kier molecular flexibility index (Phi) is 4.45. The Balaban J connectivity index is 1.69. The maximum Gasteiger partial charge on any atom is 0.235 e. The van der Waals surface area contributed by atoms with Crippen LogP contribution in [0.5, 0.6) is 0 Å². The van der Waals surface area contributed by atoms with Crippen molar-refractivity contribution in [2.24, 2.45) is 5.92 Å². The van der Waals surface area contributed by atoms with E-state index in [0.29, 0.717) is 0 Å². The number of hydrogen-bond donors (Lipinski definition) is 0. The second-order valence-electron chi connectivity index (χ2n) is 5.58. The molecule has 4 nitrogen and oxygen atoms in total. The van der Waals surface area contributed by atoms with Crippen LogP contribution < -0.4 is 0 Å². The van der Waals surface area contributed by atoms with E-state index >= 15 is 0 Å². The zero-order valence-corrected chi connectivity index (χ0v) is 13.9. The van der Waals surface area contributed by atoms with Gasteiger partial charge in [0.25, 0.3) is 0 Å². The number of thiophene rings is 1. The van der Waals surface area contributed by atoms with Gasteiger partial charge in [0, 0.05) is 13.1 Å². The van der Waals surface area contributed by atoms with Crippen LogP contribution in [0.2, 0.25) is 0 Å². The summed E-state index contributed by atoms with van der Waals surface area (Å²) >= 11 is 3.18. The average molecular weight is 321 g/mol. The highest BCUT2D eigenvalue weighted by Gasteiger charge is 2.25. The van der Waals surface area contributed by atoms with Crippen LogP contribution in [0.25, 0.3) is 10.2 Å². The van der Waals surface area contributed by atoms with Gasteiger partial charge in [-0.15, -0.1) is 11.3 Å². The summed E-state index contributed by atoms with van der Waals surface area (Å²) in [4.78, 5) is 23.1. The smallest absolute Gasteiger partial charge is 0.235 e. The van der Waals surface area contributed by atoms with Gasteiger partial charge in [-0.1, -0.05) is 18.7 Å². The maximum atomic E-state index is 12.5. The van der Waals surface area contributed by atoms with Crippen molar-refractivity contribution in [2.45, 2.75) is 37.0 Å². The Bertz CT molecular complexity index is 635. The van der Waals surface area contributed by atoms with Crippen molar-refractivity contribution in [3.8, 4) is 0 Å². The molecule has 0 N–H and O–H groups in total. The molecule has 2 aromatic heterocycles. The van der Waals surface area contributed by atoms with E-state index in [9.17, 15) is 4.79 Å². The van der Waals surface area contributed by atoms with Crippen LogP contribution in [-0.2, 0) is 4.79 Å². The number of thioether (sulfide) groups is 1. The van der Waals surface area contributed by atoms with Crippen LogP contribution in [0.1, 0.15) is 26.7 Å². The third kappa shape index (κ3) is 3.21. The van der Waals surface area contributed by atoms with Gasteiger partial charge in [-0.05, 0) is 37.1 Å². The van der Waals surface area contributed by atoms with Crippen molar-refractivity contribution >= 4 is 39.2 Å². The summed E-state index contributed by atoms with van der Waals surface area (Å²) in [5.41, 5.74) is 0.962. The van der Waals surface area contributed by atoms with Crippen molar-refractivity contribution in [2.75, 3.05) is 13.1 Å². The zero-order chi connectivity index (χ0) is 14.8. The van der Waals surface area contributed by atoms with E-state index in [1.807, 2.05) is 23.3 Å². The lowest BCUT2D eigenvalue weighted by Gasteiger charge is -2.32. The molecule has 0 bridgehead atoms. The first-order valence-electron chi connectivity index (χ1n) is 7.29. The number of piperidine rings is 1. The van der Waals surface area contributed by atoms with Crippen molar-refractivity contribution in [3.63, 3.8) is 0 Å². The lowest BCUT2D eigenvalue weighted by Crippen LogP contribution is -2.41. The van der Waals surface area contributed by atoms with Gasteiger partial charge in [-0.25, -0.2) is 9.97 Å². The molecule has 21 heavy (non-hydrogen) atoms. The van der Waals surface area contributed by atoms with Crippen LogP contribution >= 0.6 is 23.1 Å². The first-order valence-corrected chi connectivity index (χ1v) is 9.04. The summed E-state index contributed by atoms with van der Waals surface area (Å²) in [5.74, 6) is 0.972. The summed E-state index contributed by atoms with van der Waals surface area (Å²) in [6.45, 7) is 6.02. The lowest BCUT2D eigenvalue weighted by atomic mass is 9.99. The van der Waals surface area contributed by atoms with E-state index < -0.39 is 0 Å². The Hall–Kier alpha value is -1.14. The Morgan fingerprint density at radius 3 is 2.95 bits per heavy atom. The van der Waals surface area contributed by atoms with Gasteiger partial charge < -0.3 is 4.90 Å². The molecule has 1 fully saturated rings. The van der Waals surface area contributed by atoms with Gasteiger partial charge in [0.15, 0.2) is 0 Å². The standard InChI is InChI=1S/C15H19N3OS2/c1-10-3-6-18(7-4-10)15(19)11(2)21-14-13-12(5-8-20-13)16-9-17-14/h5,8-11H,3-4,6-7H2,1-2H3. The molecule has 1 atom stereocenters. The summed E-state index contributed by atoms with van der Waals surface area (Å²) < 4.78 is 1.08. The number of hydrogen-bond acceptors (Lipinski definition) is 5. The number of aromatic nitrogens is 2. The lowest BCUT2D eigenvalue weighted by molar-refractivity contribution is -0.131. The molecule has 3 rings (SSSR count). The summed E-state index contributed by atoms with van der Waals surface area (Å²) in [5, 5.41) is 2.84. The van der Waals surface area contributed by atoms with Crippen LogP contribution in [0.4, 0.5) is 0 Å². The largest absolute Gasteiger partial charge is 0.342 e. The molecule has 0 aromatic carbocycles. The second-order valence-corrected chi connectivity index (χ2v) is 7.83. The minimum absolute atomic E-state index is 0.0985. The summed E-state index contributed by atoms with van der Waals surface area (Å²) in [6, 6.07) is 1.99. The normalized spacial score (nSPS) is 18.1. The number of likely N-dealkylation sites (tertiary alicyclic amines) is 1. The molecule has 1 aliphatic heterocycles. The fourth-order valence-corrected chi connectivity index (χ4v) is 4.48. The molecule has 1 unspecified atom stereocenters. The molecular formula is C15H19N3OS2. The van der Waals surface area contributed by atoms with Crippen LogP contribution in [0, 0.1) is 5.92 Å². The molecule has 6 heteroatoms. The number of carbonyl (C=O) groups excluding carboxylic acids is 1. The van der Waals surface area contributed by atoms with Crippen molar-refractivity contribution in [1.82, 2.24) is 14.9 Å². The molecule has 1 aliphatic rings. The highest BCUT2D eigenvalue weighted by atomic mass is 32.2. The quantitative estimate of drug-likeness (QED) is 0.642. The number of nitrogens with zero attached hydrogens (tertiary/aromatic N) is 3. The highest BCUT2D eigenvalue weighted by molar-refractivity contribution is 8.00. The SMILES string of the molecule is CC1CCN(C(=O)C(C)Sc2ncnc3ccsc23)CC1. The zero-order valence-electron chi connectivity index (χ0n) is 12.3. The molecule has 0 radical (unpaired) electrons. The highest BCUT2D eigenvalue weighted by Crippen LogP contribution is 2.32. The predicted molar refractivity (Wildman–Crippen MR) is 87.7 cm³/mol. The third-order valence-electron chi connectivity index (χ3n) is 3.94. The third-order valence-corrected chi connectivity index (χ3v) is 6.07. The van der Waals surface area contributed by atoms with E-state index in [0.717, 1.165) is 47.1 Å². The molecule has 1 amide bonds. The Labute approximate surface area is 133 Å². The minimum Gasteiger partial charge on any atom is -0.342 e. The molecule has 0 saturated carbocycles. The number of carbonyl (C=O) groups is 1. The molecule has 3 heterocycles. The Morgan fingerprint density at radius 2 is 2.19 bits per heavy atom. The van der Waals surface area contributed by atoms with E-state index in [2.05, 4.69) is 16.9 Å². The predicted octanol–water partition coefficient (Wildman–Crippen LogP) is 3.43. The molecule has 1 saturated heterocycles. The monoisotopic (exact) mass is 321 g/mol. The summed E-state index contributed by atoms with van der Waals surface area (Å²) in [7, 11) is 0. The molecular weight excluding hydrogens is 302 g/mol. The molecule has 0 aliphatic carbocycles. The van der Waals surface area contributed by atoms with E-state index in [1.54, 1.807) is 29.4 Å². The second kappa shape index (κ2) is 6.32. The van der Waals surface area contributed by atoms with Gasteiger partial charge in [-0.2, -0.15) is 0 Å². The van der Waals surface area contributed by atoms with E-state index in [4.69, 9.17) is 0 Å². The topological polar surface area (TPSA) is 46.1 Å². The van der Waals surface area contributed by atoms with Gasteiger partial charge in [0.05, 0.1) is 15.5 Å². The van der Waals surface area contributed by atoms with E-state index in [-0.39, 0.29) is 11.2 Å². The van der Waals surface area contributed by atoms with Gasteiger partial charge >= 0.3 is 0 Å². The van der Waals surface area contributed by atoms with Crippen LogP contribution in [0.15, 0.2) is 22.8 Å². The number of amides is 1. The summed E-state index contributed by atoms with van der Waals surface area (Å²) in [6.07, 6.45) is 3.81. The maximum absolute atomic E-state index is 12.5.